The molecule has 4 atom stereocenters. The van der Waals surface area contributed by atoms with Crippen molar-refractivity contribution in [3.8, 4) is 11.1 Å². The molecule has 4 bridgehead atoms. The van der Waals surface area contributed by atoms with Gasteiger partial charge in [0.1, 0.15) is 34.5 Å². The van der Waals surface area contributed by atoms with E-state index >= 15 is 0 Å². The lowest BCUT2D eigenvalue weighted by Gasteiger charge is -2.27. The molecule has 14 nitrogen and oxygen atoms in total. The second-order valence-electron chi connectivity index (χ2n) is 14.2. The number of halogens is 1. The number of hydrogen-bond donors (Lipinski definition) is 2. The normalized spacial score (nSPS) is 23.0. The number of anilines is 1. The first-order valence-corrected chi connectivity index (χ1v) is 18.5. The van der Waals surface area contributed by atoms with Gasteiger partial charge in [0.15, 0.2) is 5.78 Å². The van der Waals surface area contributed by atoms with Gasteiger partial charge in [0.05, 0.1) is 18.0 Å². The zero-order chi connectivity index (χ0) is 36.3. The van der Waals surface area contributed by atoms with Crippen LogP contribution in [-0.4, -0.2) is 76.1 Å². The highest BCUT2D eigenvalue weighted by molar-refractivity contribution is 9.10. The van der Waals surface area contributed by atoms with Crippen molar-refractivity contribution in [3.05, 3.63) is 75.7 Å². The number of rotatable bonds is 5. The number of nitrogens with zero attached hydrogens (tertiary/aromatic N) is 8. The van der Waals surface area contributed by atoms with Gasteiger partial charge in [-0.2, -0.15) is 5.10 Å². The maximum Gasteiger partial charge on any atom is 0.248 e. The highest BCUT2D eigenvalue weighted by atomic mass is 79.9. The summed E-state index contributed by atoms with van der Waals surface area (Å²) in [4.78, 5) is 56.8. The first-order valence-electron chi connectivity index (χ1n) is 17.7. The summed E-state index contributed by atoms with van der Waals surface area (Å²) in [6.07, 6.45) is 7.56. The Morgan fingerprint density at radius 3 is 2.69 bits per heavy atom. The Hall–Kier alpha value is -4.89. The Bertz CT molecular complexity index is 2230. The molecular formula is C37H39BrN10O4. The third kappa shape index (κ3) is 6.19. The molecule has 1 saturated heterocycles. The first kappa shape index (κ1) is 34.2. The van der Waals surface area contributed by atoms with E-state index in [0.29, 0.717) is 45.4 Å². The van der Waals surface area contributed by atoms with Crippen molar-refractivity contribution in [2.24, 2.45) is 5.41 Å². The quantitative estimate of drug-likeness (QED) is 0.176. The van der Waals surface area contributed by atoms with Gasteiger partial charge in [-0.15, -0.1) is 10.2 Å². The molecule has 52 heavy (non-hydrogen) atoms. The van der Waals surface area contributed by atoms with Crippen LogP contribution >= 0.6 is 15.9 Å². The number of ketones is 1. The number of fused-ring (bicyclic) bond motifs is 2. The number of aromatic nitrogens is 7. The largest absolute Gasteiger partial charge is 0.423 e. The highest BCUT2D eigenvalue weighted by Gasteiger charge is 2.66. The van der Waals surface area contributed by atoms with E-state index in [1.807, 2.05) is 38.1 Å². The van der Waals surface area contributed by atoms with E-state index in [0.717, 1.165) is 54.5 Å². The maximum absolute atomic E-state index is 14.6. The van der Waals surface area contributed by atoms with E-state index in [2.05, 4.69) is 58.6 Å². The van der Waals surface area contributed by atoms with Gasteiger partial charge in [-0.1, -0.05) is 13.0 Å². The van der Waals surface area contributed by atoms with E-state index in [4.69, 9.17) is 9.52 Å². The Morgan fingerprint density at radius 2 is 1.92 bits per heavy atom. The van der Waals surface area contributed by atoms with Crippen molar-refractivity contribution in [2.45, 2.75) is 90.9 Å². The van der Waals surface area contributed by atoms with Gasteiger partial charge in [-0.3, -0.25) is 19.1 Å². The Labute approximate surface area is 308 Å². The standard InChI is InChI=1S/C37H39BrN10O4/c1-5-26-36-45-44-30(52-36)13-23-11-22(24-16-40-21(4)41-17-24)12-25-32(20(3)49)46-47(33(23)25)18-31(50)48-27(14-37(15-28(37)48)9-6-10-39-26)35(51)43-34-19(2)7-8-29(38)42-34/h7-8,11-12,16-17,26-28,39H,5-6,9-10,13-15,18H2,1-4H3,(H,42,43,51)/t26?,27-,28+,37-/m0/s1. The van der Waals surface area contributed by atoms with Crippen LogP contribution in [0.3, 0.4) is 0 Å². The second-order valence-corrected chi connectivity index (χ2v) is 15.0. The fourth-order valence-corrected chi connectivity index (χ4v) is 8.31. The van der Waals surface area contributed by atoms with E-state index < -0.39 is 6.04 Å². The molecule has 268 valence electrons. The Morgan fingerprint density at radius 1 is 1.12 bits per heavy atom. The van der Waals surface area contributed by atoms with Crippen molar-refractivity contribution in [1.82, 2.24) is 45.1 Å². The molecule has 4 aromatic heterocycles. The molecule has 2 N–H and O–H groups in total. The van der Waals surface area contributed by atoms with E-state index in [9.17, 15) is 14.4 Å². The smallest absolute Gasteiger partial charge is 0.248 e. The van der Waals surface area contributed by atoms with Gasteiger partial charge in [-0.25, -0.2) is 15.0 Å². The average Bonchev–Trinajstić information content (AvgIpc) is 3.40. The second kappa shape index (κ2) is 13.3. The molecule has 3 aliphatic rings. The molecule has 1 aliphatic carbocycles. The van der Waals surface area contributed by atoms with Crippen LogP contribution < -0.4 is 10.6 Å². The molecule has 2 aliphatic heterocycles. The van der Waals surface area contributed by atoms with E-state index in [-0.39, 0.29) is 53.8 Å². The molecule has 6 heterocycles. The zero-order valence-corrected chi connectivity index (χ0v) is 31.0. The predicted octanol–water partition coefficient (Wildman–Crippen LogP) is 5.28. The number of piperidine rings is 1. The fraction of sp³-hybridized carbons (Fsp3) is 0.432. The number of carbonyl (C=O) groups excluding carboxylic acids is 3. The summed E-state index contributed by atoms with van der Waals surface area (Å²) in [6.45, 7) is 7.80. The number of benzene rings is 1. The van der Waals surface area contributed by atoms with Gasteiger partial charge < -0.3 is 20.0 Å². The van der Waals surface area contributed by atoms with Gasteiger partial charge >= 0.3 is 0 Å². The van der Waals surface area contributed by atoms with Crippen molar-refractivity contribution in [1.29, 1.82) is 0 Å². The monoisotopic (exact) mass is 766 g/mol. The number of nitrogens with one attached hydrogen (secondary N) is 2. The zero-order valence-electron chi connectivity index (χ0n) is 29.4. The van der Waals surface area contributed by atoms with Crippen molar-refractivity contribution in [3.63, 3.8) is 0 Å². The van der Waals surface area contributed by atoms with Crippen LogP contribution in [0, 0.1) is 19.3 Å². The summed E-state index contributed by atoms with van der Waals surface area (Å²) in [5, 5.41) is 20.8. The van der Waals surface area contributed by atoms with E-state index in [1.165, 1.54) is 6.92 Å². The molecule has 1 aromatic carbocycles. The molecule has 5 aromatic rings. The van der Waals surface area contributed by atoms with Gasteiger partial charge in [0.25, 0.3) is 0 Å². The van der Waals surface area contributed by atoms with Crippen LogP contribution in [0.4, 0.5) is 5.82 Å². The lowest BCUT2D eigenvalue weighted by Crippen LogP contribution is -2.47. The summed E-state index contributed by atoms with van der Waals surface area (Å²) in [7, 11) is 0. The lowest BCUT2D eigenvalue weighted by atomic mass is 9.93. The Kier molecular flexibility index (Phi) is 8.73. The number of Topliss-reactive ketones (excluding diaryl/α,β-unsaturated/α-hetero) is 1. The van der Waals surface area contributed by atoms with E-state index in [1.54, 1.807) is 22.0 Å². The molecule has 2 amide bonds. The summed E-state index contributed by atoms with van der Waals surface area (Å²) >= 11 is 3.41. The SMILES string of the molecule is CCC1NCCC[C@@]23C[C@@H](C(=O)Nc4nc(Br)ccc4C)N(C(=O)Cn4nc(C(C)=O)c5cc(-c6cnc(C)nc6)cc(c54)Cc4nnc1o4)[C@@H]2C3. The van der Waals surface area contributed by atoms with Crippen molar-refractivity contribution < 1.29 is 18.8 Å². The minimum atomic E-state index is -0.684. The molecule has 1 unspecified atom stereocenters. The summed E-state index contributed by atoms with van der Waals surface area (Å²) < 4.78 is 8.45. The number of amides is 2. The number of aryl methyl sites for hydroxylation is 2. The fourth-order valence-electron chi connectivity index (χ4n) is 8.00. The lowest BCUT2D eigenvalue weighted by molar-refractivity contribution is -0.138. The maximum atomic E-state index is 14.6. The van der Waals surface area contributed by atoms with Crippen LogP contribution in [0.15, 0.2) is 45.7 Å². The van der Waals surface area contributed by atoms with Gasteiger partial charge in [-0.05, 0) is 109 Å². The summed E-state index contributed by atoms with van der Waals surface area (Å²) in [5.74, 6) is 1.26. The third-order valence-electron chi connectivity index (χ3n) is 10.7. The van der Waals surface area contributed by atoms with Crippen LogP contribution in [0.5, 0.6) is 0 Å². The van der Waals surface area contributed by atoms with Crippen LogP contribution in [0.1, 0.15) is 91.2 Å². The number of hydrogen-bond acceptors (Lipinski definition) is 11. The average molecular weight is 768 g/mol. The number of pyridine rings is 1. The first-order chi connectivity index (χ1) is 25.0. The minimum absolute atomic E-state index is 0.0789. The highest BCUT2D eigenvalue weighted by Crippen LogP contribution is 2.62. The third-order valence-corrected chi connectivity index (χ3v) is 11.2. The van der Waals surface area contributed by atoms with Crippen LogP contribution in [0.25, 0.3) is 22.0 Å². The molecule has 15 heteroatoms. The number of carbonyl (C=O) groups is 3. The summed E-state index contributed by atoms with van der Waals surface area (Å²) in [5.41, 5.74) is 3.79. The molecular weight excluding hydrogens is 728 g/mol. The van der Waals surface area contributed by atoms with Crippen molar-refractivity contribution >= 4 is 50.2 Å². The van der Waals surface area contributed by atoms with Crippen LogP contribution in [0.2, 0.25) is 0 Å². The Balaban J connectivity index is 1.24. The molecule has 0 radical (unpaired) electrons. The predicted molar refractivity (Wildman–Crippen MR) is 194 cm³/mol. The van der Waals surface area contributed by atoms with Crippen molar-refractivity contribution in [2.75, 3.05) is 11.9 Å². The minimum Gasteiger partial charge on any atom is -0.423 e. The molecule has 1 saturated carbocycles. The molecule has 8 rings (SSSR count). The summed E-state index contributed by atoms with van der Waals surface area (Å²) in [6, 6.07) is 6.68. The van der Waals surface area contributed by atoms with Gasteiger partial charge in [0, 0.05) is 36.3 Å². The molecule has 2 fully saturated rings. The van der Waals surface area contributed by atoms with Gasteiger partial charge in [0.2, 0.25) is 23.6 Å². The molecule has 0 spiro atoms. The topological polar surface area (TPSA) is 174 Å². The van der Waals surface area contributed by atoms with Crippen LogP contribution in [-0.2, 0) is 22.6 Å².